The second-order valence-corrected chi connectivity index (χ2v) is 8.63. The Morgan fingerprint density at radius 1 is 1.03 bits per heavy atom. The fraction of sp³-hybridized carbons (Fsp3) is 0.231. The summed E-state index contributed by atoms with van der Waals surface area (Å²) in [5.41, 5.74) is 0.714. The van der Waals surface area contributed by atoms with Crippen LogP contribution in [0.25, 0.3) is 0 Å². The largest absolute Gasteiger partial charge is 0.494 e. The number of hydrogen-bond donors (Lipinski definition) is 2. The molecule has 0 saturated carbocycles. The molecule has 2 atom stereocenters. The lowest BCUT2D eigenvalue weighted by atomic mass is 9.83. The summed E-state index contributed by atoms with van der Waals surface area (Å²) in [6.45, 7) is 0.481. The van der Waals surface area contributed by atoms with Crippen LogP contribution >= 0.6 is 15.9 Å². The first-order valence-corrected chi connectivity index (χ1v) is 11.4. The van der Waals surface area contributed by atoms with Crippen LogP contribution < -0.4 is 4.74 Å². The minimum absolute atomic E-state index is 0.0673. The average Bonchev–Trinajstić information content (AvgIpc) is 3.21. The summed E-state index contributed by atoms with van der Waals surface area (Å²) in [7, 11) is 0. The predicted molar refractivity (Wildman–Crippen MR) is 129 cm³/mol. The van der Waals surface area contributed by atoms with Gasteiger partial charge in [-0.3, -0.25) is 0 Å². The Morgan fingerprint density at radius 2 is 1.73 bits per heavy atom. The summed E-state index contributed by atoms with van der Waals surface area (Å²) < 4.78 is 12.6. The van der Waals surface area contributed by atoms with Gasteiger partial charge in [-0.1, -0.05) is 64.5 Å². The van der Waals surface area contributed by atoms with Crippen LogP contribution in [0, 0.1) is 0 Å². The fourth-order valence-corrected chi connectivity index (χ4v) is 4.33. The maximum absolute atomic E-state index is 12.8. The van der Waals surface area contributed by atoms with Crippen LogP contribution in [-0.2, 0) is 16.0 Å². The second kappa shape index (κ2) is 10.2. The van der Waals surface area contributed by atoms with Crippen molar-refractivity contribution in [3.63, 3.8) is 0 Å². The molecule has 0 aromatic heterocycles. The number of carboxylic acid groups (broad SMARTS) is 1. The average molecular weight is 510 g/mol. The third-order valence-corrected chi connectivity index (χ3v) is 6.23. The zero-order chi connectivity index (χ0) is 23.3. The van der Waals surface area contributed by atoms with Crippen molar-refractivity contribution in [2.75, 3.05) is 13.2 Å². The number of nitrogens with zero attached hydrogens (tertiary/aromatic N) is 1. The molecule has 0 bridgehead atoms. The van der Waals surface area contributed by atoms with Gasteiger partial charge in [0.1, 0.15) is 5.75 Å². The van der Waals surface area contributed by atoms with E-state index in [1.54, 1.807) is 24.3 Å². The predicted octanol–water partition coefficient (Wildman–Crippen LogP) is 4.79. The van der Waals surface area contributed by atoms with E-state index in [-0.39, 0.29) is 18.9 Å². The maximum Gasteiger partial charge on any atom is 0.336 e. The van der Waals surface area contributed by atoms with Crippen molar-refractivity contribution in [3.8, 4) is 5.75 Å². The summed E-state index contributed by atoms with van der Waals surface area (Å²) in [4.78, 5) is 17.4. The molecule has 0 amide bonds. The van der Waals surface area contributed by atoms with E-state index in [1.807, 2.05) is 54.6 Å². The van der Waals surface area contributed by atoms with Gasteiger partial charge in [0.25, 0.3) is 0 Å². The highest BCUT2D eigenvalue weighted by Gasteiger charge is 2.54. The van der Waals surface area contributed by atoms with Gasteiger partial charge in [-0.25, -0.2) is 9.79 Å². The zero-order valence-corrected chi connectivity index (χ0v) is 19.4. The third-order valence-electron chi connectivity index (χ3n) is 5.51. The standard InChI is InChI=1S/C26H24BrNO5/c27-22-10-5-4-9-21(22)23-26(25(30)31,17-18-7-2-1-3-8-18)28-24(33-23)19-11-13-20(14-12-19)32-16-6-15-29/h1-5,7-14,23,29H,6,15-17H2,(H,30,31)/t23-,26-/m1/s1. The Morgan fingerprint density at radius 3 is 2.39 bits per heavy atom. The van der Waals surface area contributed by atoms with Crippen LogP contribution in [0.3, 0.4) is 0 Å². The SMILES string of the molecule is O=C(O)[C@]1(Cc2ccccc2)N=C(c2ccc(OCCCO)cc2)O[C@@H]1c1ccccc1Br. The van der Waals surface area contributed by atoms with Gasteiger partial charge in [0.05, 0.1) is 6.61 Å². The van der Waals surface area contributed by atoms with Crippen LogP contribution in [0.2, 0.25) is 0 Å². The molecule has 0 radical (unpaired) electrons. The number of aliphatic hydroxyl groups is 1. The quantitative estimate of drug-likeness (QED) is 0.404. The Labute approximate surface area is 200 Å². The summed E-state index contributed by atoms with van der Waals surface area (Å²) in [5.74, 6) is -0.121. The van der Waals surface area contributed by atoms with Gasteiger partial charge < -0.3 is 19.7 Å². The van der Waals surface area contributed by atoms with Crippen molar-refractivity contribution in [2.45, 2.75) is 24.5 Å². The van der Waals surface area contributed by atoms with E-state index < -0.39 is 17.6 Å². The van der Waals surface area contributed by atoms with E-state index in [4.69, 9.17) is 14.6 Å². The number of aliphatic carboxylic acids is 1. The molecule has 0 saturated heterocycles. The van der Waals surface area contributed by atoms with Crippen molar-refractivity contribution < 1.29 is 24.5 Å². The first-order chi connectivity index (χ1) is 16.0. The van der Waals surface area contributed by atoms with Crippen LogP contribution in [0.5, 0.6) is 5.75 Å². The monoisotopic (exact) mass is 509 g/mol. The molecule has 0 unspecified atom stereocenters. The molecule has 1 aliphatic rings. The minimum atomic E-state index is -1.53. The van der Waals surface area contributed by atoms with Gasteiger partial charge in [-0.15, -0.1) is 0 Å². The van der Waals surface area contributed by atoms with E-state index in [0.29, 0.717) is 24.3 Å². The Kier molecular flexibility index (Phi) is 7.11. The van der Waals surface area contributed by atoms with Crippen molar-refractivity contribution in [3.05, 3.63) is 100 Å². The van der Waals surface area contributed by atoms with Crippen molar-refractivity contribution in [1.29, 1.82) is 0 Å². The summed E-state index contributed by atoms with van der Waals surface area (Å²) >= 11 is 3.55. The van der Waals surface area contributed by atoms with Gasteiger partial charge >= 0.3 is 5.97 Å². The molecule has 7 heteroatoms. The smallest absolute Gasteiger partial charge is 0.336 e. The Bertz CT molecular complexity index is 1130. The van der Waals surface area contributed by atoms with Crippen LogP contribution in [-0.4, -0.2) is 40.8 Å². The first kappa shape index (κ1) is 23.0. The molecule has 4 rings (SSSR count). The summed E-state index contributed by atoms with van der Waals surface area (Å²) in [6.07, 6.45) is -0.0893. The van der Waals surface area contributed by atoms with Crippen molar-refractivity contribution in [2.24, 2.45) is 4.99 Å². The maximum atomic E-state index is 12.8. The van der Waals surface area contributed by atoms with Gasteiger partial charge in [-0.05, 0) is 35.9 Å². The van der Waals surface area contributed by atoms with E-state index >= 15 is 0 Å². The lowest BCUT2D eigenvalue weighted by Gasteiger charge is -2.28. The molecule has 1 heterocycles. The van der Waals surface area contributed by atoms with E-state index in [0.717, 1.165) is 15.6 Å². The molecule has 0 fully saturated rings. The molecule has 0 spiro atoms. The van der Waals surface area contributed by atoms with Crippen molar-refractivity contribution in [1.82, 2.24) is 0 Å². The number of carbonyl (C=O) groups is 1. The van der Waals surface area contributed by atoms with E-state index in [1.165, 1.54) is 0 Å². The van der Waals surface area contributed by atoms with Gasteiger partial charge in [0.2, 0.25) is 11.4 Å². The van der Waals surface area contributed by atoms with Crippen molar-refractivity contribution >= 4 is 27.8 Å². The highest BCUT2D eigenvalue weighted by molar-refractivity contribution is 9.10. The highest BCUT2D eigenvalue weighted by atomic mass is 79.9. The second-order valence-electron chi connectivity index (χ2n) is 7.78. The number of carboxylic acids is 1. The molecule has 3 aromatic carbocycles. The number of ether oxygens (including phenoxy) is 2. The molecule has 170 valence electrons. The minimum Gasteiger partial charge on any atom is -0.494 e. The molecule has 6 nitrogen and oxygen atoms in total. The van der Waals surface area contributed by atoms with E-state index in [2.05, 4.69) is 20.9 Å². The molecular formula is C26H24BrNO5. The molecule has 3 aromatic rings. The van der Waals surface area contributed by atoms with Crippen LogP contribution in [0.4, 0.5) is 0 Å². The number of hydrogen-bond acceptors (Lipinski definition) is 5. The third kappa shape index (κ3) is 4.94. The normalized spacial score (nSPS) is 19.6. The lowest BCUT2D eigenvalue weighted by Crippen LogP contribution is -2.43. The lowest BCUT2D eigenvalue weighted by molar-refractivity contribution is -0.146. The molecule has 33 heavy (non-hydrogen) atoms. The molecular weight excluding hydrogens is 486 g/mol. The molecule has 2 N–H and O–H groups in total. The number of halogens is 1. The van der Waals surface area contributed by atoms with Gasteiger partial charge in [0.15, 0.2) is 6.10 Å². The highest BCUT2D eigenvalue weighted by Crippen LogP contribution is 2.44. The van der Waals surface area contributed by atoms with Gasteiger partial charge in [0, 0.05) is 35.0 Å². The molecule has 1 aliphatic heterocycles. The fourth-order valence-electron chi connectivity index (χ4n) is 3.84. The number of aliphatic hydroxyl groups excluding tert-OH is 1. The van der Waals surface area contributed by atoms with Gasteiger partial charge in [-0.2, -0.15) is 0 Å². The topological polar surface area (TPSA) is 88.4 Å². The van der Waals surface area contributed by atoms with Crippen LogP contribution in [0.1, 0.15) is 29.2 Å². The van der Waals surface area contributed by atoms with E-state index in [9.17, 15) is 9.90 Å². The Hall–Kier alpha value is -3.16. The number of aliphatic imine (C=N–C) groups is 1. The number of rotatable bonds is 9. The first-order valence-electron chi connectivity index (χ1n) is 10.7. The summed E-state index contributed by atoms with van der Waals surface area (Å²) in [5, 5.41) is 19.3. The number of benzene rings is 3. The van der Waals surface area contributed by atoms with Crippen LogP contribution in [0.15, 0.2) is 88.3 Å². The zero-order valence-electron chi connectivity index (χ0n) is 17.9. The Balaban J connectivity index is 1.73. The molecule has 0 aliphatic carbocycles. The summed E-state index contributed by atoms with van der Waals surface area (Å²) in [6, 6.07) is 24.1.